The molecule has 1 atom stereocenters. The lowest BCUT2D eigenvalue weighted by molar-refractivity contribution is 0.189. The van der Waals surface area contributed by atoms with E-state index in [4.69, 9.17) is 9.51 Å². The van der Waals surface area contributed by atoms with Gasteiger partial charge in [0.05, 0.1) is 17.6 Å². The number of likely N-dealkylation sites (tertiary alicyclic amines) is 1. The Morgan fingerprint density at radius 3 is 2.84 bits per heavy atom. The van der Waals surface area contributed by atoms with Gasteiger partial charge in [-0.15, -0.1) is 0 Å². The predicted molar refractivity (Wildman–Crippen MR) is 94.2 cm³/mol. The maximum atomic E-state index is 5.46. The Morgan fingerprint density at radius 2 is 2.00 bits per heavy atom. The van der Waals surface area contributed by atoms with Crippen molar-refractivity contribution >= 4 is 11.0 Å². The SMILES string of the molecule is Cn1c(CN2CCCC(c3noc(C4CC4)n3)C2)nc2ccccc21. The lowest BCUT2D eigenvalue weighted by Crippen LogP contribution is -2.35. The van der Waals surface area contributed by atoms with Crippen LogP contribution in [0.15, 0.2) is 28.8 Å². The molecule has 1 saturated carbocycles. The molecule has 1 saturated heterocycles. The van der Waals surface area contributed by atoms with E-state index in [-0.39, 0.29) is 0 Å². The Morgan fingerprint density at radius 1 is 1.12 bits per heavy atom. The normalized spacial score (nSPS) is 21.9. The number of para-hydroxylation sites is 2. The molecule has 3 heterocycles. The van der Waals surface area contributed by atoms with Gasteiger partial charge in [0.25, 0.3) is 0 Å². The molecule has 0 bridgehead atoms. The molecule has 1 aliphatic carbocycles. The van der Waals surface area contributed by atoms with E-state index in [1.807, 2.05) is 6.07 Å². The predicted octanol–water partition coefficient (Wildman–Crippen LogP) is 3.21. The molecule has 1 aliphatic heterocycles. The molecule has 1 unspecified atom stereocenters. The summed E-state index contributed by atoms with van der Waals surface area (Å²) >= 11 is 0. The third-order valence-electron chi connectivity index (χ3n) is 5.50. The van der Waals surface area contributed by atoms with Crippen LogP contribution in [0.3, 0.4) is 0 Å². The smallest absolute Gasteiger partial charge is 0.229 e. The second kappa shape index (κ2) is 5.95. The fraction of sp³-hybridized carbons (Fsp3) is 0.526. The van der Waals surface area contributed by atoms with Gasteiger partial charge < -0.3 is 9.09 Å². The first-order valence-electron chi connectivity index (χ1n) is 9.24. The average Bonchev–Trinajstić information content (AvgIpc) is 3.29. The summed E-state index contributed by atoms with van der Waals surface area (Å²) in [5, 5.41) is 4.26. The standard InChI is InChI=1S/C19H23N5O/c1-23-16-7-3-2-6-15(16)20-17(23)12-24-10-4-5-14(11-24)18-21-19(25-22-18)13-8-9-13/h2-3,6-7,13-14H,4-5,8-12H2,1H3. The van der Waals surface area contributed by atoms with Gasteiger partial charge in [-0.05, 0) is 44.4 Å². The second-order valence-corrected chi connectivity index (χ2v) is 7.42. The molecule has 0 spiro atoms. The van der Waals surface area contributed by atoms with Crippen LogP contribution >= 0.6 is 0 Å². The van der Waals surface area contributed by atoms with E-state index in [0.717, 1.165) is 49.1 Å². The number of aryl methyl sites for hydroxylation is 1. The van der Waals surface area contributed by atoms with Crippen LogP contribution < -0.4 is 0 Å². The van der Waals surface area contributed by atoms with Crippen LogP contribution in [-0.4, -0.2) is 37.7 Å². The summed E-state index contributed by atoms with van der Waals surface area (Å²) in [7, 11) is 2.10. The van der Waals surface area contributed by atoms with E-state index < -0.39 is 0 Å². The van der Waals surface area contributed by atoms with Gasteiger partial charge in [-0.25, -0.2) is 4.98 Å². The van der Waals surface area contributed by atoms with Crippen molar-refractivity contribution in [2.45, 2.75) is 44.1 Å². The van der Waals surface area contributed by atoms with Crippen molar-refractivity contribution in [3.05, 3.63) is 41.8 Å². The van der Waals surface area contributed by atoms with Crippen molar-refractivity contribution in [3.63, 3.8) is 0 Å². The van der Waals surface area contributed by atoms with Gasteiger partial charge in [-0.3, -0.25) is 4.90 Å². The second-order valence-electron chi connectivity index (χ2n) is 7.42. The molecule has 2 aromatic heterocycles. The summed E-state index contributed by atoms with van der Waals surface area (Å²) in [6, 6.07) is 8.32. The number of hydrogen-bond donors (Lipinski definition) is 0. The van der Waals surface area contributed by atoms with Crippen LogP contribution in [0.5, 0.6) is 0 Å². The molecule has 0 amide bonds. The van der Waals surface area contributed by atoms with E-state index >= 15 is 0 Å². The molecule has 0 N–H and O–H groups in total. The minimum absolute atomic E-state index is 0.375. The van der Waals surface area contributed by atoms with Gasteiger partial charge >= 0.3 is 0 Å². The van der Waals surface area contributed by atoms with Crippen molar-refractivity contribution < 1.29 is 4.52 Å². The number of hydrogen-bond acceptors (Lipinski definition) is 5. The molecule has 2 fully saturated rings. The number of benzene rings is 1. The van der Waals surface area contributed by atoms with Crippen molar-refractivity contribution in [1.82, 2.24) is 24.6 Å². The van der Waals surface area contributed by atoms with Crippen molar-refractivity contribution in [1.29, 1.82) is 0 Å². The summed E-state index contributed by atoms with van der Waals surface area (Å²) in [5.74, 6) is 3.77. The van der Waals surface area contributed by atoms with Crippen molar-refractivity contribution in [3.8, 4) is 0 Å². The van der Waals surface area contributed by atoms with E-state index in [1.165, 1.54) is 24.8 Å². The molecule has 130 valence electrons. The number of rotatable bonds is 4. The number of aromatic nitrogens is 4. The zero-order valence-electron chi connectivity index (χ0n) is 14.6. The Labute approximate surface area is 146 Å². The Bertz CT molecular complexity index is 894. The average molecular weight is 337 g/mol. The number of imidazole rings is 1. The van der Waals surface area contributed by atoms with Gasteiger partial charge in [0, 0.05) is 25.4 Å². The van der Waals surface area contributed by atoms with Crippen LogP contribution in [0.4, 0.5) is 0 Å². The highest BCUT2D eigenvalue weighted by molar-refractivity contribution is 5.75. The molecule has 6 nitrogen and oxygen atoms in total. The quantitative estimate of drug-likeness (QED) is 0.731. The molecule has 5 rings (SSSR count). The first-order valence-corrected chi connectivity index (χ1v) is 9.24. The van der Waals surface area contributed by atoms with Crippen molar-refractivity contribution in [2.75, 3.05) is 13.1 Å². The molecule has 25 heavy (non-hydrogen) atoms. The highest BCUT2D eigenvalue weighted by Gasteiger charge is 2.32. The lowest BCUT2D eigenvalue weighted by Gasteiger charge is -2.30. The zero-order valence-corrected chi connectivity index (χ0v) is 14.6. The van der Waals surface area contributed by atoms with Crippen LogP contribution in [-0.2, 0) is 13.6 Å². The van der Waals surface area contributed by atoms with E-state index in [2.05, 4.69) is 44.9 Å². The van der Waals surface area contributed by atoms with Gasteiger partial charge in [0.2, 0.25) is 5.89 Å². The van der Waals surface area contributed by atoms with Crippen LogP contribution in [0.1, 0.15) is 55.1 Å². The summed E-state index contributed by atoms with van der Waals surface area (Å²) in [4.78, 5) is 12.0. The number of nitrogens with zero attached hydrogens (tertiary/aromatic N) is 5. The van der Waals surface area contributed by atoms with E-state index in [0.29, 0.717) is 11.8 Å². The molecule has 0 radical (unpaired) electrons. The summed E-state index contributed by atoms with van der Waals surface area (Å²) in [6.07, 6.45) is 4.71. The number of fused-ring (bicyclic) bond motifs is 1. The van der Waals surface area contributed by atoms with E-state index in [1.54, 1.807) is 0 Å². The monoisotopic (exact) mass is 337 g/mol. The molecule has 3 aromatic rings. The van der Waals surface area contributed by atoms with Crippen LogP contribution in [0, 0.1) is 0 Å². The first-order chi connectivity index (χ1) is 12.3. The topological polar surface area (TPSA) is 60.0 Å². The third-order valence-corrected chi connectivity index (χ3v) is 5.50. The van der Waals surface area contributed by atoms with Gasteiger partial charge in [-0.1, -0.05) is 17.3 Å². The fourth-order valence-corrected chi connectivity index (χ4v) is 3.86. The molecule has 6 heteroatoms. The highest BCUT2D eigenvalue weighted by atomic mass is 16.5. The maximum absolute atomic E-state index is 5.46. The Hall–Kier alpha value is -2.21. The largest absolute Gasteiger partial charge is 0.339 e. The van der Waals surface area contributed by atoms with Gasteiger partial charge in [0.15, 0.2) is 5.82 Å². The first kappa shape index (κ1) is 15.1. The molecule has 1 aromatic carbocycles. The highest BCUT2D eigenvalue weighted by Crippen LogP contribution is 2.39. The summed E-state index contributed by atoms with van der Waals surface area (Å²) in [6.45, 7) is 2.95. The summed E-state index contributed by atoms with van der Waals surface area (Å²) < 4.78 is 7.67. The minimum atomic E-state index is 0.375. The molecule has 2 aliphatic rings. The third kappa shape index (κ3) is 2.84. The summed E-state index contributed by atoms with van der Waals surface area (Å²) in [5.41, 5.74) is 2.26. The number of piperidine rings is 1. The molecular formula is C19H23N5O. The fourth-order valence-electron chi connectivity index (χ4n) is 3.86. The van der Waals surface area contributed by atoms with E-state index in [9.17, 15) is 0 Å². The lowest BCUT2D eigenvalue weighted by atomic mass is 9.97. The minimum Gasteiger partial charge on any atom is -0.339 e. The maximum Gasteiger partial charge on any atom is 0.229 e. The van der Waals surface area contributed by atoms with Crippen LogP contribution in [0.25, 0.3) is 11.0 Å². The Kier molecular flexibility index (Phi) is 3.59. The van der Waals surface area contributed by atoms with Gasteiger partial charge in [-0.2, -0.15) is 4.98 Å². The van der Waals surface area contributed by atoms with Crippen molar-refractivity contribution in [2.24, 2.45) is 7.05 Å². The van der Waals surface area contributed by atoms with Gasteiger partial charge in [0.1, 0.15) is 5.82 Å². The molecular weight excluding hydrogens is 314 g/mol. The van der Waals surface area contributed by atoms with Crippen LogP contribution in [0.2, 0.25) is 0 Å². The Balaban J connectivity index is 1.32. The zero-order chi connectivity index (χ0) is 16.8.